The molecule has 2 aromatic carbocycles. The summed E-state index contributed by atoms with van der Waals surface area (Å²) >= 11 is 11.5. The lowest BCUT2D eigenvalue weighted by Crippen LogP contribution is -2.35. The molecule has 0 unspecified atom stereocenters. The fraction of sp³-hybridized carbons (Fsp3) is 0.235. The molecule has 0 saturated carbocycles. The minimum atomic E-state index is -3.71. The SMILES string of the molecule is CN(CCOc1ccc(Cl)cc1)C(=O)CS(=O)(=O)c1ccc(Cl)cc1. The van der Waals surface area contributed by atoms with Gasteiger partial charge in [0.15, 0.2) is 9.84 Å². The molecular formula is C17H17Cl2NO4S. The van der Waals surface area contributed by atoms with Crippen LogP contribution in [0.4, 0.5) is 0 Å². The van der Waals surface area contributed by atoms with Gasteiger partial charge in [-0.2, -0.15) is 0 Å². The van der Waals surface area contributed by atoms with E-state index in [0.717, 1.165) is 0 Å². The Morgan fingerprint density at radius 1 is 1.00 bits per heavy atom. The number of amides is 1. The van der Waals surface area contributed by atoms with Crippen LogP contribution in [0.15, 0.2) is 53.4 Å². The van der Waals surface area contributed by atoms with Gasteiger partial charge < -0.3 is 9.64 Å². The normalized spacial score (nSPS) is 11.2. The smallest absolute Gasteiger partial charge is 0.238 e. The lowest BCUT2D eigenvalue weighted by molar-refractivity contribution is -0.127. The average molecular weight is 402 g/mol. The monoisotopic (exact) mass is 401 g/mol. The molecule has 0 aromatic heterocycles. The third-order valence-electron chi connectivity index (χ3n) is 3.42. The van der Waals surface area contributed by atoms with E-state index in [2.05, 4.69) is 0 Å². The van der Waals surface area contributed by atoms with Crippen LogP contribution < -0.4 is 4.74 Å². The zero-order valence-electron chi connectivity index (χ0n) is 13.5. The van der Waals surface area contributed by atoms with E-state index < -0.39 is 21.5 Å². The summed E-state index contributed by atoms with van der Waals surface area (Å²) in [7, 11) is -2.18. The molecule has 0 aliphatic heterocycles. The van der Waals surface area contributed by atoms with Crippen LogP contribution in [0.25, 0.3) is 0 Å². The summed E-state index contributed by atoms with van der Waals surface area (Å²) in [5.74, 6) is -0.486. The summed E-state index contributed by atoms with van der Waals surface area (Å²) in [5, 5.41) is 1.04. The van der Waals surface area contributed by atoms with Crippen LogP contribution in [0.3, 0.4) is 0 Å². The van der Waals surface area contributed by atoms with Gasteiger partial charge in [0.25, 0.3) is 0 Å². The van der Waals surface area contributed by atoms with Gasteiger partial charge in [-0.1, -0.05) is 23.2 Å². The number of nitrogens with zero attached hydrogens (tertiary/aromatic N) is 1. The maximum Gasteiger partial charge on any atom is 0.238 e. The summed E-state index contributed by atoms with van der Waals surface area (Å²) in [6.45, 7) is 0.502. The van der Waals surface area contributed by atoms with Crippen LogP contribution in [0.5, 0.6) is 5.75 Å². The van der Waals surface area contributed by atoms with E-state index in [-0.39, 0.29) is 18.0 Å². The molecule has 2 aromatic rings. The molecule has 0 heterocycles. The van der Waals surface area contributed by atoms with Crippen molar-refractivity contribution < 1.29 is 17.9 Å². The highest BCUT2D eigenvalue weighted by atomic mass is 35.5. The Morgan fingerprint density at radius 2 is 1.52 bits per heavy atom. The van der Waals surface area contributed by atoms with Crippen molar-refractivity contribution in [1.29, 1.82) is 0 Å². The van der Waals surface area contributed by atoms with Gasteiger partial charge in [0.1, 0.15) is 18.1 Å². The summed E-state index contributed by atoms with van der Waals surface area (Å²) in [6.07, 6.45) is 0. The van der Waals surface area contributed by atoms with Crippen LogP contribution in [0.2, 0.25) is 10.0 Å². The molecule has 8 heteroatoms. The van der Waals surface area contributed by atoms with Crippen molar-refractivity contribution in [3.8, 4) is 5.75 Å². The number of carbonyl (C=O) groups excluding carboxylic acids is 1. The highest BCUT2D eigenvalue weighted by Gasteiger charge is 2.21. The fourth-order valence-corrected chi connectivity index (χ4v) is 3.47. The first-order valence-corrected chi connectivity index (χ1v) is 9.79. The molecule has 2 rings (SSSR count). The molecule has 0 saturated heterocycles. The molecule has 0 aliphatic carbocycles. The Bertz CT molecular complexity index is 821. The number of hydrogen-bond acceptors (Lipinski definition) is 4. The molecule has 25 heavy (non-hydrogen) atoms. The van der Waals surface area contributed by atoms with E-state index in [0.29, 0.717) is 15.8 Å². The molecule has 0 radical (unpaired) electrons. The largest absolute Gasteiger partial charge is 0.492 e. The van der Waals surface area contributed by atoms with Crippen molar-refractivity contribution in [3.63, 3.8) is 0 Å². The van der Waals surface area contributed by atoms with E-state index in [1.807, 2.05) is 0 Å². The van der Waals surface area contributed by atoms with Gasteiger partial charge in [-0.05, 0) is 48.5 Å². The Labute approximate surface area is 157 Å². The van der Waals surface area contributed by atoms with Gasteiger partial charge in [0.05, 0.1) is 11.4 Å². The van der Waals surface area contributed by atoms with Gasteiger partial charge in [-0.3, -0.25) is 4.79 Å². The number of benzene rings is 2. The molecular weight excluding hydrogens is 385 g/mol. The maximum absolute atomic E-state index is 12.3. The third-order valence-corrected chi connectivity index (χ3v) is 5.54. The summed E-state index contributed by atoms with van der Waals surface area (Å²) in [6, 6.07) is 12.5. The minimum absolute atomic E-state index is 0.0658. The molecule has 0 atom stereocenters. The van der Waals surface area contributed by atoms with Crippen molar-refractivity contribution in [2.75, 3.05) is 26.0 Å². The molecule has 0 bridgehead atoms. The highest BCUT2D eigenvalue weighted by molar-refractivity contribution is 7.92. The zero-order chi connectivity index (χ0) is 18.4. The number of hydrogen-bond donors (Lipinski definition) is 0. The van der Waals surface area contributed by atoms with E-state index in [9.17, 15) is 13.2 Å². The standard InChI is InChI=1S/C17H17Cl2NO4S/c1-20(10-11-24-15-6-2-13(18)3-7-15)17(21)12-25(22,23)16-8-4-14(19)5-9-16/h2-9H,10-12H2,1H3. The van der Waals surface area contributed by atoms with Gasteiger partial charge in [-0.15, -0.1) is 0 Å². The van der Waals surface area contributed by atoms with Gasteiger partial charge in [0.2, 0.25) is 5.91 Å². The Kier molecular flexibility index (Phi) is 6.70. The van der Waals surface area contributed by atoms with Crippen LogP contribution in [-0.4, -0.2) is 45.2 Å². The fourth-order valence-electron chi connectivity index (χ4n) is 1.95. The molecule has 0 N–H and O–H groups in total. The van der Waals surface area contributed by atoms with E-state index in [1.165, 1.54) is 36.2 Å². The Hall–Kier alpha value is -1.76. The van der Waals surface area contributed by atoms with Crippen LogP contribution in [-0.2, 0) is 14.6 Å². The predicted molar refractivity (Wildman–Crippen MR) is 98.1 cm³/mol. The third kappa shape index (κ3) is 5.92. The zero-order valence-corrected chi connectivity index (χ0v) is 15.8. The number of ether oxygens (including phenoxy) is 1. The van der Waals surface area contributed by atoms with Crippen LogP contribution in [0, 0.1) is 0 Å². The van der Waals surface area contributed by atoms with Gasteiger partial charge in [-0.25, -0.2) is 8.42 Å². The minimum Gasteiger partial charge on any atom is -0.492 e. The van der Waals surface area contributed by atoms with Crippen LogP contribution in [0.1, 0.15) is 0 Å². The molecule has 0 spiro atoms. The number of likely N-dealkylation sites (N-methyl/N-ethyl adjacent to an activating group) is 1. The maximum atomic E-state index is 12.3. The quantitative estimate of drug-likeness (QED) is 0.713. The van der Waals surface area contributed by atoms with Crippen molar-refractivity contribution in [2.24, 2.45) is 0 Å². The lowest BCUT2D eigenvalue weighted by Gasteiger charge is -2.17. The van der Waals surface area contributed by atoms with Crippen LogP contribution >= 0.6 is 23.2 Å². The molecule has 0 aliphatic rings. The molecule has 5 nitrogen and oxygen atoms in total. The van der Waals surface area contributed by atoms with E-state index in [1.54, 1.807) is 24.3 Å². The number of carbonyl (C=O) groups is 1. The van der Waals surface area contributed by atoms with Gasteiger partial charge in [0, 0.05) is 17.1 Å². The topological polar surface area (TPSA) is 63.7 Å². The van der Waals surface area contributed by atoms with Crippen molar-refractivity contribution >= 4 is 38.9 Å². The predicted octanol–water partition coefficient (Wildman–Crippen LogP) is 3.30. The summed E-state index contributed by atoms with van der Waals surface area (Å²) in [4.78, 5) is 13.5. The van der Waals surface area contributed by atoms with Gasteiger partial charge >= 0.3 is 0 Å². The van der Waals surface area contributed by atoms with Crippen molar-refractivity contribution in [2.45, 2.75) is 4.90 Å². The second kappa shape index (κ2) is 8.56. The Balaban J connectivity index is 1.86. The first kappa shape index (κ1) is 19.6. The second-order valence-corrected chi connectivity index (χ2v) is 8.19. The first-order valence-electron chi connectivity index (χ1n) is 7.38. The molecule has 1 amide bonds. The highest BCUT2D eigenvalue weighted by Crippen LogP contribution is 2.16. The Morgan fingerprint density at radius 3 is 2.08 bits per heavy atom. The lowest BCUT2D eigenvalue weighted by atomic mass is 10.3. The summed E-state index contributed by atoms with van der Waals surface area (Å²) in [5.41, 5.74) is 0. The molecule has 134 valence electrons. The number of halogens is 2. The first-order chi connectivity index (χ1) is 11.8. The second-order valence-electron chi connectivity index (χ2n) is 5.33. The van der Waals surface area contributed by atoms with Crippen molar-refractivity contribution in [3.05, 3.63) is 58.6 Å². The van der Waals surface area contributed by atoms with E-state index >= 15 is 0 Å². The number of rotatable bonds is 7. The number of sulfone groups is 1. The molecule has 0 fully saturated rings. The average Bonchev–Trinajstić information content (AvgIpc) is 2.56. The summed E-state index contributed by atoms with van der Waals surface area (Å²) < 4.78 is 30.0. The van der Waals surface area contributed by atoms with Crippen molar-refractivity contribution in [1.82, 2.24) is 4.90 Å². The van der Waals surface area contributed by atoms with E-state index in [4.69, 9.17) is 27.9 Å².